The van der Waals surface area contributed by atoms with E-state index in [0.29, 0.717) is 10.6 Å². The van der Waals surface area contributed by atoms with Crippen molar-refractivity contribution in [3.05, 3.63) is 64.7 Å². The van der Waals surface area contributed by atoms with Gasteiger partial charge in [0.05, 0.1) is 10.8 Å². The molecule has 0 aliphatic carbocycles. The predicted molar refractivity (Wildman–Crippen MR) is 124 cm³/mol. The highest BCUT2D eigenvalue weighted by Crippen LogP contribution is 2.59. The monoisotopic (exact) mass is 466 g/mol. The molecule has 0 bridgehead atoms. The summed E-state index contributed by atoms with van der Waals surface area (Å²) in [6.45, 7) is 8.40. The minimum absolute atomic E-state index is 0.0241. The first kappa shape index (κ1) is 23.2. The fourth-order valence-corrected chi connectivity index (χ4v) is 5.23. The van der Waals surface area contributed by atoms with E-state index < -0.39 is 32.6 Å². The van der Waals surface area contributed by atoms with Crippen LogP contribution in [0.25, 0.3) is 6.08 Å². The summed E-state index contributed by atoms with van der Waals surface area (Å²) in [7, 11) is -3.22. The van der Waals surface area contributed by atoms with E-state index in [4.69, 9.17) is 17.3 Å². The largest absolute Gasteiger partial charge is 0.386 e. The summed E-state index contributed by atoms with van der Waals surface area (Å²) in [5.41, 5.74) is 5.61. The zero-order valence-electron chi connectivity index (χ0n) is 17.3. The van der Waals surface area contributed by atoms with Gasteiger partial charge < -0.3 is 11.1 Å². The van der Waals surface area contributed by atoms with Gasteiger partial charge in [0.25, 0.3) is 5.91 Å². The Labute approximate surface area is 186 Å². The number of anilines is 1. The summed E-state index contributed by atoms with van der Waals surface area (Å²) < 4.78 is 35.0. The number of aliphatic imine (C=N–C) groups is 1. The molecule has 1 unspecified atom stereocenters. The molecule has 1 aliphatic rings. The number of halogens is 2. The van der Waals surface area contributed by atoms with Crippen LogP contribution in [-0.4, -0.2) is 36.3 Å². The molecule has 2 heterocycles. The number of pyridine rings is 1. The lowest BCUT2D eigenvalue weighted by atomic mass is 9.92. The van der Waals surface area contributed by atoms with E-state index in [-0.39, 0.29) is 28.5 Å². The summed E-state index contributed by atoms with van der Waals surface area (Å²) >= 11 is 5.91. The standard InChI is InChI=1S/C21H24ClFN4O3S/c1-5-12-8-13(22)10-25-17(12)18(28)26-14-6-7-16(23)15(9-14)21(4)11-31(29,30)20(2,3)19(24)27-21/h5-10,29-30H,1,11H2,2-4H3,(H2,24,27)(H,26,28). The van der Waals surface area contributed by atoms with Crippen molar-refractivity contribution in [3.63, 3.8) is 0 Å². The Morgan fingerprint density at radius 3 is 2.65 bits per heavy atom. The van der Waals surface area contributed by atoms with Crippen LogP contribution in [0.4, 0.5) is 10.1 Å². The first-order valence-corrected chi connectivity index (χ1v) is 11.4. The number of nitrogens with two attached hydrogens (primary N) is 1. The van der Waals surface area contributed by atoms with E-state index in [1.165, 1.54) is 30.5 Å². The van der Waals surface area contributed by atoms with Crippen molar-refractivity contribution in [2.45, 2.75) is 31.1 Å². The van der Waals surface area contributed by atoms with Crippen molar-refractivity contribution in [1.82, 2.24) is 4.98 Å². The number of carbonyl (C=O) groups excluding carboxylic acids is 1. The summed E-state index contributed by atoms with van der Waals surface area (Å²) in [6, 6.07) is 5.53. The van der Waals surface area contributed by atoms with Crippen molar-refractivity contribution >= 4 is 45.7 Å². The molecular formula is C21H24ClFN4O3S. The molecule has 1 atom stereocenters. The van der Waals surface area contributed by atoms with Crippen molar-refractivity contribution in [2.24, 2.45) is 10.7 Å². The molecule has 31 heavy (non-hydrogen) atoms. The highest BCUT2D eigenvalue weighted by Gasteiger charge is 2.49. The average molecular weight is 467 g/mol. The molecule has 1 aliphatic heterocycles. The second-order valence-corrected chi connectivity index (χ2v) is 11.1. The third-order valence-corrected chi connectivity index (χ3v) is 8.42. The maximum absolute atomic E-state index is 14.8. The van der Waals surface area contributed by atoms with E-state index in [9.17, 15) is 18.3 Å². The number of carbonyl (C=O) groups is 1. The van der Waals surface area contributed by atoms with Gasteiger partial charge in [0.15, 0.2) is 0 Å². The van der Waals surface area contributed by atoms with Gasteiger partial charge in [-0.2, -0.15) is 10.6 Å². The number of amidine groups is 1. The molecule has 3 rings (SSSR count). The third kappa shape index (κ3) is 4.18. The molecule has 0 radical (unpaired) electrons. The fraction of sp³-hybridized carbons (Fsp3) is 0.286. The number of nitrogens with one attached hydrogen (secondary N) is 1. The lowest BCUT2D eigenvalue weighted by molar-refractivity contribution is 0.102. The SMILES string of the molecule is C=Cc1cc(Cl)cnc1C(=O)Nc1ccc(F)c(C2(C)CS(O)(O)C(C)(C)C(N)=N2)c1. The first-order chi connectivity index (χ1) is 14.3. The van der Waals surface area contributed by atoms with Crippen LogP contribution in [-0.2, 0) is 5.54 Å². The van der Waals surface area contributed by atoms with Gasteiger partial charge in [0.2, 0.25) is 0 Å². The van der Waals surface area contributed by atoms with Crippen LogP contribution < -0.4 is 11.1 Å². The number of hydrogen-bond acceptors (Lipinski definition) is 6. The smallest absolute Gasteiger partial charge is 0.274 e. The van der Waals surface area contributed by atoms with E-state index >= 15 is 0 Å². The Bertz CT molecular complexity index is 1110. The second-order valence-electron chi connectivity index (χ2n) is 8.04. The molecule has 5 N–H and O–H groups in total. The Morgan fingerprint density at radius 2 is 2.03 bits per heavy atom. The first-order valence-electron chi connectivity index (χ1n) is 9.31. The Hall–Kier alpha value is -2.46. The summed E-state index contributed by atoms with van der Waals surface area (Å²) in [5, 5.41) is 3.03. The number of benzene rings is 1. The number of rotatable bonds is 4. The summed E-state index contributed by atoms with van der Waals surface area (Å²) in [6.07, 6.45) is 2.80. The van der Waals surface area contributed by atoms with Crippen LogP contribution in [0.3, 0.4) is 0 Å². The van der Waals surface area contributed by atoms with Crippen LogP contribution in [0.1, 0.15) is 42.4 Å². The lowest BCUT2D eigenvalue weighted by Gasteiger charge is -2.53. The molecule has 1 aromatic carbocycles. The topological polar surface area (TPSA) is 121 Å². The quantitative estimate of drug-likeness (QED) is 0.511. The zero-order valence-corrected chi connectivity index (χ0v) is 18.9. The molecular weight excluding hydrogens is 443 g/mol. The highest BCUT2D eigenvalue weighted by molar-refractivity contribution is 8.26. The van der Waals surface area contributed by atoms with Crippen LogP contribution in [0.5, 0.6) is 0 Å². The molecule has 2 aromatic rings. The molecule has 1 aromatic heterocycles. The predicted octanol–water partition coefficient (Wildman–Crippen LogP) is 4.88. The maximum atomic E-state index is 14.8. The van der Waals surface area contributed by atoms with Gasteiger partial charge >= 0.3 is 0 Å². The Morgan fingerprint density at radius 1 is 1.35 bits per heavy atom. The molecule has 1 amide bonds. The molecule has 7 nitrogen and oxygen atoms in total. The van der Waals surface area contributed by atoms with Crippen molar-refractivity contribution in [3.8, 4) is 0 Å². The van der Waals surface area contributed by atoms with Gasteiger partial charge in [-0.15, -0.1) is 0 Å². The molecule has 0 fully saturated rings. The Balaban J connectivity index is 1.99. The van der Waals surface area contributed by atoms with Gasteiger partial charge in [0, 0.05) is 23.0 Å². The van der Waals surface area contributed by atoms with E-state index in [2.05, 4.69) is 21.9 Å². The summed E-state index contributed by atoms with van der Waals surface area (Å²) in [5.74, 6) is -1.33. The van der Waals surface area contributed by atoms with E-state index in [1.54, 1.807) is 26.8 Å². The van der Waals surface area contributed by atoms with Gasteiger partial charge in [-0.05, 0) is 45.0 Å². The zero-order chi connectivity index (χ0) is 23.2. The van der Waals surface area contributed by atoms with Crippen molar-refractivity contribution in [2.75, 3.05) is 11.1 Å². The van der Waals surface area contributed by atoms with Crippen LogP contribution in [0, 0.1) is 5.82 Å². The van der Waals surface area contributed by atoms with Gasteiger partial charge in [-0.25, -0.2) is 9.37 Å². The average Bonchev–Trinajstić information content (AvgIpc) is 2.67. The van der Waals surface area contributed by atoms with E-state index in [1.807, 2.05) is 0 Å². The van der Waals surface area contributed by atoms with Gasteiger partial charge in [-0.1, -0.05) is 24.3 Å². The van der Waals surface area contributed by atoms with Crippen molar-refractivity contribution < 1.29 is 18.3 Å². The van der Waals surface area contributed by atoms with Crippen LogP contribution in [0.15, 0.2) is 42.0 Å². The number of nitrogens with zero attached hydrogens (tertiary/aromatic N) is 2. The van der Waals surface area contributed by atoms with Gasteiger partial charge in [0.1, 0.15) is 27.6 Å². The number of aromatic nitrogens is 1. The number of amides is 1. The minimum atomic E-state index is -3.22. The minimum Gasteiger partial charge on any atom is -0.386 e. The van der Waals surface area contributed by atoms with Crippen LogP contribution >= 0.6 is 22.2 Å². The third-order valence-electron chi connectivity index (χ3n) is 5.41. The number of hydrogen-bond donors (Lipinski definition) is 4. The molecule has 0 spiro atoms. The molecule has 0 saturated carbocycles. The van der Waals surface area contributed by atoms with Gasteiger partial charge in [-0.3, -0.25) is 18.9 Å². The highest BCUT2D eigenvalue weighted by atomic mass is 35.5. The summed E-state index contributed by atoms with van der Waals surface area (Å²) in [4.78, 5) is 21.2. The van der Waals surface area contributed by atoms with E-state index in [0.717, 1.165) is 0 Å². The second kappa shape index (κ2) is 7.90. The molecule has 0 saturated heterocycles. The lowest BCUT2D eigenvalue weighted by Crippen LogP contribution is -2.52. The molecule has 10 heteroatoms. The molecule has 166 valence electrons. The normalized spacial score (nSPS) is 22.9. The maximum Gasteiger partial charge on any atom is 0.274 e. The van der Waals surface area contributed by atoms with Crippen molar-refractivity contribution in [1.29, 1.82) is 0 Å². The Kier molecular flexibility index (Phi) is 5.92. The van der Waals surface area contributed by atoms with Crippen LogP contribution in [0.2, 0.25) is 5.02 Å². The fourth-order valence-electron chi connectivity index (χ4n) is 3.32.